The molecule has 0 fully saturated rings. The minimum absolute atomic E-state index is 0.330. The quantitative estimate of drug-likeness (QED) is 0.578. The van der Waals surface area contributed by atoms with Gasteiger partial charge in [0.1, 0.15) is 0 Å². The van der Waals surface area contributed by atoms with Gasteiger partial charge in [0.05, 0.1) is 0 Å². The van der Waals surface area contributed by atoms with E-state index >= 15 is 0 Å². The second-order valence-corrected chi connectivity index (χ2v) is 5.53. The SMILES string of the molecule is CC(C)NS(C)(O)CCN. The lowest BCUT2D eigenvalue weighted by molar-refractivity contribution is 0.596. The second-order valence-electron chi connectivity index (χ2n) is 2.81. The van der Waals surface area contributed by atoms with Gasteiger partial charge in [-0.2, -0.15) is 0 Å². The van der Waals surface area contributed by atoms with Gasteiger partial charge in [0.15, 0.2) is 0 Å². The zero-order valence-electron chi connectivity index (χ0n) is 6.92. The molecular formula is C6H18N2OS. The van der Waals surface area contributed by atoms with E-state index in [1.54, 1.807) is 0 Å². The Morgan fingerprint density at radius 1 is 1.60 bits per heavy atom. The van der Waals surface area contributed by atoms with E-state index in [1.165, 1.54) is 0 Å². The Bertz CT molecular complexity index is 95.7. The number of nitrogens with one attached hydrogen (secondary N) is 1. The maximum atomic E-state index is 9.58. The zero-order valence-corrected chi connectivity index (χ0v) is 7.74. The smallest absolute Gasteiger partial charge is 0.0233 e. The lowest BCUT2D eigenvalue weighted by atomic mass is 10.4. The highest BCUT2D eigenvalue weighted by atomic mass is 32.3. The fourth-order valence-electron chi connectivity index (χ4n) is 0.796. The third-order valence-electron chi connectivity index (χ3n) is 1.00. The van der Waals surface area contributed by atoms with Crippen molar-refractivity contribution < 1.29 is 4.55 Å². The van der Waals surface area contributed by atoms with Gasteiger partial charge in [-0.15, -0.1) is 0 Å². The summed E-state index contributed by atoms with van der Waals surface area (Å²) in [5.74, 6) is 0.672. The Labute approximate surface area is 64.7 Å². The van der Waals surface area contributed by atoms with Gasteiger partial charge in [0, 0.05) is 18.3 Å². The maximum absolute atomic E-state index is 9.58. The molecule has 0 saturated heterocycles. The van der Waals surface area contributed by atoms with Crippen molar-refractivity contribution in [2.24, 2.45) is 5.73 Å². The molecule has 0 spiro atoms. The third kappa shape index (κ3) is 5.05. The van der Waals surface area contributed by atoms with Crippen LogP contribution in [0.4, 0.5) is 0 Å². The molecular weight excluding hydrogens is 148 g/mol. The molecule has 0 aliphatic carbocycles. The fourth-order valence-corrected chi connectivity index (χ4v) is 2.39. The fraction of sp³-hybridized carbons (Fsp3) is 1.00. The Balaban J connectivity index is 3.63. The van der Waals surface area contributed by atoms with Crippen LogP contribution in [0.25, 0.3) is 0 Å². The summed E-state index contributed by atoms with van der Waals surface area (Å²) in [6.45, 7) is 4.57. The highest BCUT2D eigenvalue weighted by Crippen LogP contribution is 2.33. The molecule has 0 bridgehead atoms. The molecule has 10 heavy (non-hydrogen) atoms. The molecule has 1 atom stereocenters. The van der Waals surface area contributed by atoms with Crippen molar-refractivity contribution in [3.63, 3.8) is 0 Å². The van der Waals surface area contributed by atoms with Crippen molar-refractivity contribution >= 4 is 10.5 Å². The van der Waals surface area contributed by atoms with Crippen LogP contribution in [0.15, 0.2) is 0 Å². The van der Waals surface area contributed by atoms with E-state index in [2.05, 4.69) is 4.72 Å². The van der Waals surface area contributed by atoms with E-state index < -0.39 is 10.5 Å². The highest BCUT2D eigenvalue weighted by Gasteiger charge is 2.12. The number of rotatable bonds is 4. The lowest BCUT2D eigenvalue weighted by Gasteiger charge is -2.31. The van der Waals surface area contributed by atoms with Crippen LogP contribution in [-0.2, 0) is 0 Å². The molecule has 0 aromatic rings. The minimum Gasteiger partial charge on any atom is -0.339 e. The van der Waals surface area contributed by atoms with E-state index in [0.717, 1.165) is 0 Å². The first kappa shape index (κ1) is 10.2. The van der Waals surface area contributed by atoms with Crippen LogP contribution in [0.3, 0.4) is 0 Å². The molecule has 3 nitrogen and oxygen atoms in total. The summed E-state index contributed by atoms with van der Waals surface area (Å²) in [4.78, 5) is 0. The summed E-state index contributed by atoms with van der Waals surface area (Å²) in [6.07, 6.45) is 1.82. The van der Waals surface area contributed by atoms with Crippen LogP contribution in [0.5, 0.6) is 0 Å². The summed E-state index contributed by atoms with van der Waals surface area (Å²) >= 11 is 0. The molecule has 0 aliphatic heterocycles. The van der Waals surface area contributed by atoms with E-state index in [4.69, 9.17) is 5.73 Å². The van der Waals surface area contributed by atoms with Crippen LogP contribution in [0.2, 0.25) is 0 Å². The van der Waals surface area contributed by atoms with Crippen molar-refractivity contribution in [2.75, 3.05) is 18.6 Å². The first-order valence-corrected chi connectivity index (χ1v) is 5.60. The third-order valence-corrected chi connectivity index (χ3v) is 3.01. The van der Waals surface area contributed by atoms with Crippen molar-refractivity contribution in [3.05, 3.63) is 0 Å². The molecule has 0 aromatic heterocycles. The molecule has 4 heteroatoms. The van der Waals surface area contributed by atoms with Crippen LogP contribution in [-0.4, -0.2) is 29.1 Å². The van der Waals surface area contributed by atoms with Gasteiger partial charge in [-0.05, 0) is 20.1 Å². The molecule has 0 heterocycles. The van der Waals surface area contributed by atoms with Gasteiger partial charge in [0.25, 0.3) is 0 Å². The summed E-state index contributed by atoms with van der Waals surface area (Å²) in [7, 11) is -1.61. The number of hydrogen-bond donors (Lipinski definition) is 3. The zero-order chi connectivity index (χ0) is 8.20. The molecule has 1 unspecified atom stereocenters. The molecule has 0 aliphatic rings. The van der Waals surface area contributed by atoms with E-state index in [0.29, 0.717) is 18.3 Å². The molecule has 0 rings (SSSR count). The Kier molecular flexibility index (Phi) is 4.28. The summed E-state index contributed by atoms with van der Waals surface area (Å²) in [5.41, 5.74) is 5.31. The average Bonchev–Trinajstić information content (AvgIpc) is 1.59. The van der Waals surface area contributed by atoms with E-state index in [1.807, 2.05) is 20.1 Å². The lowest BCUT2D eigenvalue weighted by Crippen LogP contribution is -2.30. The first-order valence-electron chi connectivity index (χ1n) is 3.44. The number of hydrogen-bond acceptors (Lipinski definition) is 3. The van der Waals surface area contributed by atoms with Crippen LogP contribution in [0, 0.1) is 0 Å². The monoisotopic (exact) mass is 166 g/mol. The Morgan fingerprint density at radius 2 is 2.10 bits per heavy atom. The Morgan fingerprint density at radius 3 is 2.40 bits per heavy atom. The van der Waals surface area contributed by atoms with Gasteiger partial charge in [-0.25, -0.2) is 0 Å². The molecule has 0 saturated carbocycles. The minimum atomic E-state index is -1.61. The highest BCUT2D eigenvalue weighted by molar-refractivity contribution is 8.26. The summed E-state index contributed by atoms with van der Waals surface area (Å²) < 4.78 is 12.7. The van der Waals surface area contributed by atoms with Crippen LogP contribution in [0.1, 0.15) is 13.8 Å². The standard InChI is InChI=1S/C6H18N2OS/c1-6(2)8-10(3,9)5-4-7/h6,8-9H,4-5,7H2,1-3H3. The number of nitrogens with two attached hydrogens (primary N) is 1. The van der Waals surface area contributed by atoms with Gasteiger partial charge >= 0.3 is 0 Å². The molecule has 0 radical (unpaired) electrons. The van der Waals surface area contributed by atoms with Crippen molar-refractivity contribution in [3.8, 4) is 0 Å². The summed E-state index contributed by atoms with van der Waals surface area (Å²) in [5, 5.41) is 0. The van der Waals surface area contributed by atoms with Gasteiger partial charge < -0.3 is 10.3 Å². The average molecular weight is 166 g/mol. The Hall–Kier alpha value is 0.230. The first-order chi connectivity index (χ1) is 4.48. The maximum Gasteiger partial charge on any atom is 0.0233 e. The molecule has 0 aromatic carbocycles. The van der Waals surface area contributed by atoms with Crippen molar-refractivity contribution in [1.29, 1.82) is 0 Å². The van der Waals surface area contributed by atoms with Crippen LogP contribution >= 0.6 is 10.5 Å². The van der Waals surface area contributed by atoms with Crippen molar-refractivity contribution in [1.82, 2.24) is 4.72 Å². The predicted octanol–water partition coefficient (Wildman–Crippen LogP) is 0.765. The van der Waals surface area contributed by atoms with Gasteiger partial charge in [-0.3, -0.25) is 4.72 Å². The van der Waals surface area contributed by atoms with E-state index in [-0.39, 0.29) is 0 Å². The molecule has 4 N–H and O–H groups in total. The largest absolute Gasteiger partial charge is 0.339 e. The topological polar surface area (TPSA) is 58.3 Å². The van der Waals surface area contributed by atoms with Gasteiger partial charge in [-0.1, -0.05) is 10.5 Å². The second kappa shape index (κ2) is 4.18. The predicted molar refractivity (Wildman–Crippen MR) is 48.3 cm³/mol. The molecule has 0 amide bonds. The van der Waals surface area contributed by atoms with Gasteiger partial charge in [0.2, 0.25) is 0 Å². The van der Waals surface area contributed by atoms with Crippen molar-refractivity contribution in [2.45, 2.75) is 19.9 Å². The molecule has 64 valence electrons. The van der Waals surface area contributed by atoms with Crippen LogP contribution < -0.4 is 10.5 Å². The van der Waals surface area contributed by atoms with E-state index in [9.17, 15) is 4.55 Å². The normalized spacial score (nSPS) is 20.6. The summed E-state index contributed by atoms with van der Waals surface area (Å²) in [6, 6.07) is 0.330.